The minimum atomic E-state index is -0.479. The summed E-state index contributed by atoms with van der Waals surface area (Å²) in [7, 11) is 0. The summed E-state index contributed by atoms with van der Waals surface area (Å²) in [5.41, 5.74) is 6.14. The van der Waals surface area contributed by atoms with Gasteiger partial charge in [-0.25, -0.2) is 0 Å². The SMILES string of the molecule is NC(=O)c1ccc(C(=O)NCCC2CCCC2)cc1. The maximum Gasteiger partial charge on any atom is 0.251 e. The fourth-order valence-electron chi connectivity index (χ4n) is 2.58. The van der Waals surface area contributed by atoms with Gasteiger partial charge in [0.05, 0.1) is 0 Å². The van der Waals surface area contributed by atoms with Gasteiger partial charge in [0, 0.05) is 17.7 Å². The molecule has 1 saturated carbocycles. The molecule has 1 aliphatic carbocycles. The van der Waals surface area contributed by atoms with Gasteiger partial charge in [-0.3, -0.25) is 9.59 Å². The number of hydrogen-bond acceptors (Lipinski definition) is 2. The number of primary amides is 1. The molecule has 19 heavy (non-hydrogen) atoms. The monoisotopic (exact) mass is 260 g/mol. The molecule has 1 aromatic carbocycles. The smallest absolute Gasteiger partial charge is 0.251 e. The number of carbonyl (C=O) groups excluding carboxylic acids is 2. The van der Waals surface area contributed by atoms with Gasteiger partial charge in [0.25, 0.3) is 5.91 Å². The third kappa shape index (κ3) is 3.81. The van der Waals surface area contributed by atoms with Crippen LogP contribution in [0.3, 0.4) is 0 Å². The zero-order chi connectivity index (χ0) is 13.7. The lowest BCUT2D eigenvalue weighted by atomic mass is 10.0. The third-order valence-electron chi connectivity index (χ3n) is 3.74. The Morgan fingerprint density at radius 3 is 2.26 bits per heavy atom. The molecule has 0 radical (unpaired) electrons. The van der Waals surface area contributed by atoms with Crippen molar-refractivity contribution in [3.63, 3.8) is 0 Å². The van der Waals surface area contributed by atoms with Gasteiger partial charge >= 0.3 is 0 Å². The highest BCUT2D eigenvalue weighted by Gasteiger charge is 2.15. The molecule has 2 rings (SSSR count). The van der Waals surface area contributed by atoms with Crippen molar-refractivity contribution < 1.29 is 9.59 Å². The maximum absolute atomic E-state index is 11.9. The Labute approximate surface area is 113 Å². The highest BCUT2D eigenvalue weighted by molar-refractivity contribution is 5.97. The first kappa shape index (κ1) is 13.6. The fraction of sp³-hybridized carbons (Fsp3) is 0.467. The van der Waals surface area contributed by atoms with Crippen molar-refractivity contribution in [2.75, 3.05) is 6.54 Å². The molecule has 0 bridgehead atoms. The molecule has 0 saturated heterocycles. The summed E-state index contributed by atoms with van der Waals surface area (Å²) in [6, 6.07) is 6.42. The first-order valence-electron chi connectivity index (χ1n) is 6.85. The maximum atomic E-state index is 11.9. The Morgan fingerprint density at radius 2 is 1.68 bits per heavy atom. The van der Waals surface area contributed by atoms with Crippen LogP contribution >= 0.6 is 0 Å². The summed E-state index contributed by atoms with van der Waals surface area (Å²) in [6.45, 7) is 0.723. The molecule has 0 spiro atoms. The topological polar surface area (TPSA) is 72.2 Å². The van der Waals surface area contributed by atoms with Crippen molar-refractivity contribution in [3.05, 3.63) is 35.4 Å². The quantitative estimate of drug-likeness (QED) is 0.851. The number of nitrogens with two attached hydrogens (primary N) is 1. The van der Waals surface area contributed by atoms with Crippen LogP contribution in [0.1, 0.15) is 52.8 Å². The molecule has 0 heterocycles. The number of rotatable bonds is 5. The normalized spacial score (nSPS) is 15.4. The van der Waals surface area contributed by atoms with E-state index in [9.17, 15) is 9.59 Å². The van der Waals surface area contributed by atoms with Crippen LogP contribution in [0.4, 0.5) is 0 Å². The average molecular weight is 260 g/mol. The lowest BCUT2D eigenvalue weighted by Gasteiger charge is -2.10. The van der Waals surface area contributed by atoms with Crippen LogP contribution in [0.5, 0.6) is 0 Å². The van der Waals surface area contributed by atoms with Crippen LogP contribution in [-0.2, 0) is 0 Å². The summed E-state index contributed by atoms with van der Waals surface area (Å²) in [5, 5.41) is 2.92. The Bertz CT molecular complexity index is 448. The lowest BCUT2D eigenvalue weighted by Crippen LogP contribution is -2.25. The molecule has 4 nitrogen and oxygen atoms in total. The lowest BCUT2D eigenvalue weighted by molar-refractivity contribution is 0.0948. The van der Waals surface area contributed by atoms with E-state index in [1.807, 2.05) is 0 Å². The predicted octanol–water partition coefficient (Wildman–Crippen LogP) is 2.10. The number of nitrogens with one attached hydrogen (secondary N) is 1. The Morgan fingerprint density at radius 1 is 1.11 bits per heavy atom. The van der Waals surface area contributed by atoms with E-state index in [1.165, 1.54) is 25.7 Å². The number of benzene rings is 1. The molecular weight excluding hydrogens is 240 g/mol. The van der Waals surface area contributed by atoms with Crippen molar-refractivity contribution >= 4 is 11.8 Å². The van der Waals surface area contributed by atoms with Gasteiger partial charge < -0.3 is 11.1 Å². The van der Waals surface area contributed by atoms with E-state index in [2.05, 4.69) is 5.32 Å². The number of amides is 2. The number of carbonyl (C=O) groups is 2. The zero-order valence-corrected chi connectivity index (χ0v) is 11.0. The first-order valence-corrected chi connectivity index (χ1v) is 6.85. The minimum absolute atomic E-state index is 0.0889. The van der Waals surface area contributed by atoms with Crippen molar-refractivity contribution in [1.82, 2.24) is 5.32 Å². The Balaban J connectivity index is 1.80. The second-order valence-corrected chi connectivity index (χ2v) is 5.14. The van der Waals surface area contributed by atoms with Crippen LogP contribution < -0.4 is 11.1 Å². The van der Waals surface area contributed by atoms with E-state index in [1.54, 1.807) is 24.3 Å². The molecule has 0 atom stereocenters. The second-order valence-electron chi connectivity index (χ2n) is 5.14. The van der Waals surface area contributed by atoms with Crippen molar-refractivity contribution in [2.24, 2.45) is 11.7 Å². The van der Waals surface area contributed by atoms with E-state index in [4.69, 9.17) is 5.73 Å². The summed E-state index contributed by atoms with van der Waals surface area (Å²) < 4.78 is 0. The molecular formula is C15H20N2O2. The van der Waals surface area contributed by atoms with Crippen LogP contribution in [0.25, 0.3) is 0 Å². The molecule has 1 aliphatic rings. The number of hydrogen-bond donors (Lipinski definition) is 2. The zero-order valence-electron chi connectivity index (χ0n) is 11.0. The van der Waals surface area contributed by atoms with Gasteiger partial charge in [-0.05, 0) is 36.6 Å². The van der Waals surface area contributed by atoms with Crippen molar-refractivity contribution in [1.29, 1.82) is 0 Å². The van der Waals surface area contributed by atoms with Crippen molar-refractivity contribution in [2.45, 2.75) is 32.1 Å². The highest BCUT2D eigenvalue weighted by Crippen LogP contribution is 2.26. The van der Waals surface area contributed by atoms with E-state index >= 15 is 0 Å². The molecule has 1 fully saturated rings. The Hall–Kier alpha value is -1.84. The Kier molecular flexibility index (Phi) is 4.55. The van der Waals surface area contributed by atoms with Crippen LogP contribution in [0.15, 0.2) is 24.3 Å². The second kappa shape index (κ2) is 6.36. The van der Waals surface area contributed by atoms with Crippen LogP contribution in [-0.4, -0.2) is 18.4 Å². The third-order valence-corrected chi connectivity index (χ3v) is 3.74. The predicted molar refractivity (Wildman–Crippen MR) is 73.9 cm³/mol. The van der Waals surface area contributed by atoms with Crippen LogP contribution in [0.2, 0.25) is 0 Å². The van der Waals surface area contributed by atoms with Gasteiger partial charge in [0.15, 0.2) is 0 Å². The molecule has 1 aromatic rings. The van der Waals surface area contributed by atoms with E-state index in [0.29, 0.717) is 11.1 Å². The molecule has 2 amide bonds. The average Bonchev–Trinajstić information content (AvgIpc) is 2.92. The van der Waals surface area contributed by atoms with Crippen LogP contribution in [0, 0.1) is 5.92 Å². The fourth-order valence-corrected chi connectivity index (χ4v) is 2.58. The van der Waals surface area contributed by atoms with E-state index in [-0.39, 0.29) is 5.91 Å². The van der Waals surface area contributed by atoms with Gasteiger partial charge in [-0.15, -0.1) is 0 Å². The molecule has 0 aliphatic heterocycles. The largest absolute Gasteiger partial charge is 0.366 e. The summed E-state index contributed by atoms with van der Waals surface area (Å²) in [6.07, 6.45) is 6.30. The summed E-state index contributed by atoms with van der Waals surface area (Å²) in [4.78, 5) is 22.8. The van der Waals surface area contributed by atoms with E-state index < -0.39 is 5.91 Å². The van der Waals surface area contributed by atoms with E-state index in [0.717, 1.165) is 18.9 Å². The highest BCUT2D eigenvalue weighted by atomic mass is 16.2. The minimum Gasteiger partial charge on any atom is -0.366 e. The van der Waals surface area contributed by atoms with Gasteiger partial charge in [-0.1, -0.05) is 25.7 Å². The molecule has 4 heteroatoms. The molecule has 0 aromatic heterocycles. The molecule has 102 valence electrons. The van der Waals surface area contributed by atoms with Gasteiger partial charge in [0.1, 0.15) is 0 Å². The molecule has 3 N–H and O–H groups in total. The van der Waals surface area contributed by atoms with Gasteiger partial charge in [0.2, 0.25) is 5.91 Å². The van der Waals surface area contributed by atoms with Crippen molar-refractivity contribution in [3.8, 4) is 0 Å². The summed E-state index contributed by atoms with van der Waals surface area (Å²) >= 11 is 0. The first-order chi connectivity index (χ1) is 9.16. The molecule has 0 unspecified atom stereocenters. The van der Waals surface area contributed by atoms with Gasteiger partial charge in [-0.2, -0.15) is 0 Å². The summed E-state index contributed by atoms with van der Waals surface area (Å²) in [5.74, 6) is 0.208. The standard InChI is InChI=1S/C15H20N2O2/c16-14(18)12-5-7-13(8-6-12)15(19)17-10-9-11-3-1-2-4-11/h5-8,11H,1-4,9-10H2,(H2,16,18)(H,17,19).